The number of nitrogens with one attached hydrogen (secondary N) is 1. The maximum atomic E-state index is 13.5. The summed E-state index contributed by atoms with van der Waals surface area (Å²) in [5, 5.41) is 2.76. The van der Waals surface area contributed by atoms with Crippen LogP contribution in [0.3, 0.4) is 0 Å². The third-order valence-electron chi connectivity index (χ3n) is 5.50. The molecule has 33 heavy (non-hydrogen) atoms. The zero-order chi connectivity index (χ0) is 23.5. The number of rotatable bonds is 6. The summed E-state index contributed by atoms with van der Waals surface area (Å²) < 4.78 is 24.8. The van der Waals surface area contributed by atoms with Gasteiger partial charge in [-0.15, -0.1) is 0 Å². The summed E-state index contributed by atoms with van der Waals surface area (Å²) in [7, 11) is 0. The number of fused-ring (bicyclic) bond motifs is 1. The molecule has 0 saturated heterocycles. The SMILES string of the molecule is CC(=O)N1CCc2ccc(OCc3nc(C(=O)NC(C)C)co3)cc2C1c1ccc(F)cc1. The second kappa shape index (κ2) is 9.44. The number of carbonyl (C=O) groups is 2. The lowest BCUT2D eigenvalue weighted by atomic mass is 9.88. The van der Waals surface area contributed by atoms with Crippen molar-refractivity contribution in [2.45, 2.75) is 45.9 Å². The molecule has 2 aromatic carbocycles. The standard InChI is InChI=1S/C25H26FN3O4/c1-15(2)27-25(31)22-13-33-23(28-22)14-32-20-9-6-17-10-11-29(16(3)30)24(21(17)12-20)18-4-7-19(26)8-5-18/h4-9,12-13,15,24H,10-11,14H2,1-3H3,(H,27,31). The first-order valence-electron chi connectivity index (χ1n) is 10.9. The first-order chi connectivity index (χ1) is 15.8. The Balaban J connectivity index is 1.56. The molecule has 1 aliphatic rings. The van der Waals surface area contributed by atoms with Crippen molar-refractivity contribution in [2.75, 3.05) is 6.54 Å². The number of hydrogen-bond donors (Lipinski definition) is 1. The Morgan fingerprint density at radius 3 is 2.70 bits per heavy atom. The van der Waals surface area contributed by atoms with Crippen LogP contribution in [0.4, 0.5) is 4.39 Å². The van der Waals surface area contributed by atoms with Crippen molar-refractivity contribution >= 4 is 11.8 Å². The van der Waals surface area contributed by atoms with Gasteiger partial charge in [-0.1, -0.05) is 18.2 Å². The molecule has 1 N–H and O–H groups in total. The van der Waals surface area contributed by atoms with E-state index in [1.807, 2.05) is 32.0 Å². The molecule has 7 nitrogen and oxygen atoms in total. The van der Waals surface area contributed by atoms with Crippen LogP contribution in [0.1, 0.15) is 59.9 Å². The van der Waals surface area contributed by atoms with Gasteiger partial charge >= 0.3 is 0 Å². The number of ether oxygens (including phenoxy) is 1. The van der Waals surface area contributed by atoms with Crippen molar-refractivity contribution in [3.63, 3.8) is 0 Å². The summed E-state index contributed by atoms with van der Waals surface area (Å²) in [5.41, 5.74) is 3.07. The Kier molecular flexibility index (Phi) is 6.44. The van der Waals surface area contributed by atoms with E-state index >= 15 is 0 Å². The van der Waals surface area contributed by atoms with Gasteiger partial charge in [0.05, 0.1) is 6.04 Å². The molecule has 2 heterocycles. The van der Waals surface area contributed by atoms with Gasteiger partial charge in [0.15, 0.2) is 12.3 Å². The summed E-state index contributed by atoms with van der Waals surface area (Å²) in [6.07, 6.45) is 2.03. The lowest BCUT2D eigenvalue weighted by Crippen LogP contribution is -2.39. The molecule has 1 aromatic heterocycles. The highest BCUT2D eigenvalue weighted by Crippen LogP contribution is 2.37. The largest absolute Gasteiger partial charge is 0.484 e. The molecule has 0 bridgehead atoms. The summed E-state index contributed by atoms with van der Waals surface area (Å²) in [6.45, 7) is 5.90. The average molecular weight is 451 g/mol. The van der Waals surface area contributed by atoms with E-state index in [4.69, 9.17) is 9.15 Å². The van der Waals surface area contributed by atoms with Gasteiger partial charge in [0.1, 0.15) is 17.8 Å². The Bertz CT molecular complexity index is 1160. The molecule has 4 rings (SSSR count). The molecule has 172 valence electrons. The first kappa shape index (κ1) is 22.5. The Hall–Kier alpha value is -3.68. The van der Waals surface area contributed by atoms with Gasteiger partial charge in [-0.05, 0) is 61.2 Å². The van der Waals surface area contributed by atoms with Gasteiger partial charge in [-0.25, -0.2) is 9.37 Å². The molecule has 0 fully saturated rings. The lowest BCUT2D eigenvalue weighted by Gasteiger charge is -2.37. The van der Waals surface area contributed by atoms with Crippen LogP contribution < -0.4 is 10.1 Å². The molecule has 2 amide bonds. The zero-order valence-corrected chi connectivity index (χ0v) is 18.8. The van der Waals surface area contributed by atoms with Crippen LogP contribution in [0.2, 0.25) is 0 Å². The minimum atomic E-state index is -0.330. The highest BCUT2D eigenvalue weighted by molar-refractivity contribution is 5.92. The zero-order valence-electron chi connectivity index (χ0n) is 18.8. The van der Waals surface area contributed by atoms with Crippen molar-refractivity contribution in [3.05, 3.63) is 82.8 Å². The smallest absolute Gasteiger partial charge is 0.273 e. The Morgan fingerprint density at radius 1 is 1.24 bits per heavy atom. The van der Waals surface area contributed by atoms with Crippen molar-refractivity contribution in [3.8, 4) is 5.75 Å². The van der Waals surface area contributed by atoms with Gasteiger partial charge in [-0.3, -0.25) is 9.59 Å². The van der Waals surface area contributed by atoms with Crippen molar-refractivity contribution in [1.82, 2.24) is 15.2 Å². The van der Waals surface area contributed by atoms with E-state index in [-0.39, 0.29) is 47.9 Å². The average Bonchev–Trinajstić information content (AvgIpc) is 3.26. The second-order valence-corrected chi connectivity index (χ2v) is 8.32. The predicted molar refractivity (Wildman–Crippen MR) is 119 cm³/mol. The lowest BCUT2D eigenvalue weighted by molar-refractivity contribution is -0.130. The van der Waals surface area contributed by atoms with Gasteiger partial charge in [0.2, 0.25) is 11.8 Å². The number of oxazole rings is 1. The van der Waals surface area contributed by atoms with Gasteiger partial charge in [-0.2, -0.15) is 0 Å². The molecule has 3 aromatic rings. The fourth-order valence-corrected chi connectivity index (χ4v) is 3.99. The minimum Gasteiger partial charge on any atom is -0.484 e. The van der Waals surface area contributed by atoms with Crippen LogP contribution in [0.25, 0.3) is 0 Å². The van der Waals surface area contributed by atoms with E-state index in [2.05, 4.69) is 10.3 Å². The summed E-state index contributed by atoms with van der Waals surface area (Å²) >= 11 is 0. The number of amides is 2. The van der Waals surface area contributed by atoms with Crippen LogP contribution in [0.15, 0.2) is 53.1 Å². The maximum absolute atomic E-state index is 13.5. The molecule has 1 aliphatic heterocycles. The molecular formula is C25H26FN3O4. The van der Waals surface area contributed by atoms with Crippen LogP contribution >= 0.6 is 0 Å². The molecular weight excluding hydrogens is 425 g/mol. The quantitative estimate of drug-likeness (QED) is 0.612. The number of nitrogens with zero attached hydrogens (tertiary/aromatic N) is 2. The first-order valence-corrected chi connectivity index (χ1v) is 10.9. The molecule has 0 aliphatic carbocycles. The number of halogens is 1. The van der Waals surface area contributed by atoms with Gasteiger partial charge in [0, 0.05) is 19.5 Å². The summed E-state index contributed by atoms with van der Waals surface area (Å²) in [5.74, 6) is 0.182. The highest BCUT2D eigenvalue weighted by Gasteiger charge is 2.31. The summed E-state index contributed by atoms with van der Waals surface area (Å²) in [4.78, 5) is 30.4. The highest BCUT2D eigenvalue weighted by atomic mass is 19.1. The van der Waals surface area contributed by atoms with E-state index in [0.717, 1.165) is 23.1 Å². The number of hydrogen-bond acceptors (Lipinski definition) is 5. The fourth-order valence-electron chi connectivity index (χ4n) is 3.99. The van der Waals surface area contributed by atoms with Crippen molar-refractivity contribution in [1.29, 1.82) is 0 Å². The normalized spacial score (nSPS) is 15.3. The van der Waals surface area contributed by atoms with E-state index < -0.39 is 0 Å². The van der Waals surface area contributed by atoms with E-state index in [1.165, 1.54) is 25.3 Å². The Morgan fingerprint density at radius 2 is 2.00 bits per heavy atom. The second-order valence-electron chi connectivity index (χ2n) is 8.32. The summed E-state index contributed by atoms with van der Waals surface area (Å²) in [6, 6.07) is 11.6. The molecule has 0 radical (unpaired) electrons. The fraction of sp³-hybridized carbons (Fsp3) is 0.320. The predicted octanol–water partition coefficient (Wildman–Crippen LogP) is 4.02. The minimum absolute atomic E-state index is 0.00647. The van der Waals surface area contributed by atoms with Gasteiger partial charge in [0.25, 0.3) is 5.91 Å². The third-order valence-corrected chi connectivity index (χ3v) is 5.50. The topological polar surface area (TPSA) is 84.7 Å². The Labute approximate surface area is 191 Å². The molecule has 1 atom stereocenters. The monoisotopic (exact) mass is 451 g/mol. The van der Waals surface area contributed by atoms with Crippen LogP contribution in [0, 0.1) is 5.82 Å². The van der Waals surface area contributed by atoms with E-state index in [0.29, 0.717) is 12.3 Å². The number of aromatic nitrogens is 1. The molecule has 0 saturated carbocycles. The van der Waals surface area contributed by atoms with E-state index in [9.17, 15) is 14.0 Å². The van der Waals surface area contributed by atoms with Crippen molar-refractivity contribution < 1.29 is 23.1 Å². The third kappa shape index (κ3) is 5.05. The van der Waals surface area contributed by atoms with Crippen LogP contribution in [0.5, 0.6) is 5.75 Å². The van der Waals surface area contributed by atoms with Crippen LogP contribution in [-0.2, 0) is 17.8 Å². The van der Waals surface area contributed by atoms with Gasteiger partial charge < -0.3 is 19.4 Å². The van der Waals surface area contributed by atoms with E-state index in [1.54, 1.807) is 17.0 Å². The van der Waals surface area contributed by atoms with Crippen molar-refractivity contribution in [2.24, 2.45) is 0 Å². The molecule has 8 heteroatoms. The molecule has 0 spiro atoms. The number of benzene rings is 2. The van der Waals surface area contributed by atoms with Crippen LogP contribution in [-0.4, -0.2) is 34.3 Å². The maximum Gasteiger partial charge on any atom is 0.273 e. The molecule has 1 unspecified atom stereocenters. The number of carbonyl (C=O) groups excluding carboxylic acids is 2.